The third-order valence-electron chi connectivity index (χ3n) is 4.05. The van der Waals surface area contributed by atoms with Crippen molar-refractivity contribution in [2.45, 2.75) is 45.1 Å². The number of hydrogen-bond acceptors (Lipinski definition) is 3. The molecule has 1 aromatic carbocycles. The van der Waals surface area contributed by atoms with Crippen molar-refractivity contribution in [2.75, 3.05) is 11.5 Å². The Bertz CT molecular complexity index is 531. The zero-order valence-electron chi connectivity index (χ0n) is 12.2. The zero-order chi connectivity index (χ0) is 14.8. The first-order valence-electron chi connectivity index (χ1n) is 7.33. The Labute approximate surface area is 121 Å². The molecule has 1 heterocycles. The first-order chi connectivity index (χ1) is 9.35. The summed E-state index contributed by atoms with van der Waals surface area (Å²) >= 11 is 0. The second kappa shape index (κ2) is 6.27. The van der Waals surface area contributed by atoms with Crippen molar-refractivity contribution >= 4 is 9.84 Å². The lowest BCUT2D eigenvalue weighted by Crippen LogP contribution is -2.17. The van der Waals surface area contributed by atoms with Crippen LogP contribution in [-0.4, -0.2) is 31.1 Å². The van der Waals surface area contributed by atoms with E-state index in [0.717, 1.165) is 5.56 Å². The van der Waals surface area contributed by atoms with Crippen molar-refractivity contribution in [1.82, 2.24) is 0 Å². The van der Waals surface area contributed by atoms with E-state index >= 15 is 0 Å². The van der Waals surface area contributed by atoms with Gasteiger partial charge < -0.3 is 5.11 Å². The number of benzene rings is 1. The first kappa shape index (κ1) is 15.5. The van der Waals surface area contributed by atoms with Gasteiger partial charge in [-0.2, -0.15) is 0 Å². The minimum absolute atomic E-state index is 0.130. The molecule has 0 spiro atoms. The summed E-state index contributed by atoms with van der Waals surface area (Å²) in [7, 11) is -2.84. The lowest BCUT2D eigenvalue weighted by Gasteiger charge is -2.15. The van der Waals surface area contributed by atoms with Crippen LogP contribution in [0.15, 0.2) is 24.3 Å². The van der Waals surface area contributed by atoms with Crippen molar-refractivity contribution < 1.29 is 13.5 Å². The summed E-state index contributed by atoms with van der Waals surface area (Å²) in [4.78, 5) is 0. The van der Waals surface area contributed by atoms with Gasteiger partial charge >= 0.3 is 0 Å². The molecule has 2 atom stereocenters. The van der Waals surface area contributed by atoms with Crippen LogP contribution in [0.5, 0.6) is 0 Å². The fourth-order valence-electron chi connectivity index (χ4n) is 2.84. The van der Waals surface area contributed by atoms with Gasteiger partial charge in [0.15, 0.2) is 9.84 Å². The molecule has 20 heavy (non-hydrogen) atoms. The summed E-state index contributed by atoms with van der Waals surface area (Å²) in [5, 5.41) is 10.1. The predicted molar refractivity (Wildman–Crippen MR) is 81.6 cm³/mol. The molecule has 0 aromatic heterocycles. The van der Waals surface area contributed by atoms with E-state index in [1.54, 1.807) is 0 Å². The molecule has 2 unspecified atom stereocenters. The Morgan fingerprint density at radius 1 is 1.25 bits per heavy atom. The molecular formula is C16H24O3S. The molecule has 4 heteroatoms. The SMILES string of the molecule is CC(C)c1ccc(CC(O)CC2CCS(=O)(=O)C2)cc1. The van der Waals surface area contributed by atoms with E-state index in [1.807, 2.05) is 0 Å². The van der Waals surface area contributed by atoms with Gasteiger partial charge in [-0.1, -0.05) is 38.1 Å². The lowest BCUT2D eigenvalue weighted by atomic mass is 9.95. The fourth-order valence-corrected chi connectivity index (χ4v) is 4.72. The van der Waals surface area contributed by atoms with Crippen molar-refractivity contribution in [1.29, 1.82) is 0 Å². The maximum Gasteiger partial charge on any atom is 0.150 e. The summed E-state index contributed by atoms with van der Waals surface area (Å²) in [5.41, 5.74) is 2.41. The summed E-state index contributed by atoms with van der Waals surface area (Å²) in [6.45, 7) is 4.31. The largest absolute Gasteiger partial charge is 0.393 e. The molecule has 0 amide bonds. The third-order valence-corrected chi connectivity index (χ3v) is 5.89. The van der Waals surface area contributed by atoms with E-state index in [0.29, 0.717) is 25.2 Å². The summed E-state index contributed by atoms with van der Waals surface area (Å²) < 4.78 is 22.8. The zero-order valence-corrected chi connectivity index (χ0v) is 13.1. The standard InChI is InChI=1S/C16H24O3S/c1-12(2)15-5-3-13(4-6-15)9-16(17)10-14-7-8-20(18,19)11-14/h3-6,12,14,16-17H,7-11H2,1-2H3. The first-order valence-corrected chi connectivity index (χ1v) is 9.15. The molecule has 1 N–H and O–H groups in total. The van der Waals surface area contributed by atoms with Crippen LogP contribution in [0.4, 0.5) is 0 Å². The molecule has 1 saturated heterocycles. The molecule has 0 aliphatic carbocycles. The normalized spacial score (nSPS) is 23.1. The van der Waals surface area contributed by atoms with Crippen LogP contribution in [0, 0.1) is 5.92 Å². The molecular weight excluding hydrogens is 272 g/mol. The Balaban J connectivity index is 1.87. The van der Waals surface area contributed by atoms with E-state index in [9.17, 15) is 13.5 Å². The second-order valence-corrected chi connectivity index (χ2v) is 8.49. The molecule has 1 fully saturated rings. The summed E-state index contributed by atoms with van der Waals surface area (Å²) in [5.74, 6) is 1.17. The van der Waals surface area contributed by atoms with Gasteiger partial charge in [-0.3, -0.25) is 0 Å². The Kier molecular flexibility index (Phi) is 4.86. The van der Waals surface area contributed by atoms with Gasteiger partial charge in [0.1, 0.15) is 0 Å². The smallest absolute Gasteiger partial charge is 0.150 e. The van der Waals surface area contributed by atoms with E-state index in [2.05, 4.69) is 38.1 Å². The topological polar surface area (TPSA) is 54.4 Å². The van der Waals surface area contributed by atoms with E-state index in [1.165, 1.54) is 5.56 Å². The van der Waals surface area contributed by atoms with Gasteiger partial charge in [0, 0.05) is 0 Å². The highest BCUT2D eigenvalue weighted by atomic mass is 32.2. The predicted octanol–water partition coefficient (Wildman–Crippen LogP) is 2.54. The molecule has 3 nitrogen and oxygen atoms in total. The lowest BCUT2D eigenvalue weighted by molar-refractivity contribution is 0.147. The average molecular weight is 296 g/mol. The summed E-state index contributed by atoms with van der Waals surface area (Å²) in [6.07, 6.45) is 1.45. The van der Waals surface area contributed by atoms with Crippen LogP contribution in [-0.2, 0) is 16.3 Å². The Hall–Kier alpha value is -0.870. The highest BCUT2D eigenvalue weighted by Crippen LogP contribution is 2.24. The van der Waals surface area contributed by atoms with Crippen LogP contribution in [0.3, 0.4) is 0 Å². The molecule has 1 aliphatic rings. The van der Waals surface area contributed by atoms with Crippen molar-refractivity contribution in [3.8, 4) is 0 Å². The van der Waals surface area contributed by atoms with Crippen molar-refractivity contribution in [2.24, 2.45) is 5.92 Å². The van der Waals surface area contributed by atoms with E-state index in [4.69, 9.17) is 0 Å². The van der Waals surface area contributed by atoms with E-state index in [-0.39, 0.29) is 17.4 Å². The van der Waals surface area contributed by atoms with Gasteiger partial charge in [0.25, 0.3) is 0 Å². The van der Waals surface area contributed by atoms with Crippen LogP contribution < -0.4 is 0 Å². The van der Waals surface area contributed by atoms with Gasteiger partial charge in [-0.25, -0.2) is 8.42 Å². The molecule has 2 rings (SSSR count). The van der Waals surface area contributed by atoms with Gasteiger partial charge in [0.2, 0.25) is 0 Å². The molecule has 0 radical (unpaired) electrons. The van der Waals surface area contributed by atoms with Crippen LogP contribution in [0.25, 0.3) is 0 Å². The number of sulfone groups is 1. The average Bonchev–Trinajstić information content (AvgIpc) is 2.69. The Morgan fingerprint density at radius 3 is 2.40 bits per heavy atom. The number of aliphatic hydroxyl groups is 1. The van der Waals surface area contributed by atoms with Crippen LogP contribution >= 0.6 is 0 Å². The number of hydrogen-bond donors (Lipinski definition) is 1. The number of rotatable bonds is 5. The third kappa shape index (κ3) is 4.32. The quantitative estimate of drug-likeness (QED) is 0.908. The number of aliphatic hydroxyl groups excluding tert-OH is 1. The summed E-state index contributed by atoms with van der Waals surface area (Å²) in [6, 6.07) is 8.33. The van der Waals surface area contributed by atoms with Gasteiger partial charge in [-0.15, -0.1) is 0 Å². The van der Waals surface area contributed by atoms with Crippen LogP contribution in [0.1, 0.15) is 43.7 Å². The highest BCUT2D eigenvalue weighted by molar-refractivity contribution is 7.91. The van der Waals surface area contributed by atoms with Gasteiger partial charge in [0.05, 0.1) is 17.6 Å². The minimum Gasteiger partial charge on any atom is -0.393 e. The Morgan fingerprint density at radius 2 is 1.90 bits per heavy atom. The highest BCUT2D eigenvalue weighted by Gasteiger charge is 2.29. The fraction of sp³-hybridized carbons (Fsp3) is 0.625. The van der Waals surface area contributed by atoms with Crippen molar-refractivity contribution in [3.63, 3.8) is 0 Å². The van der Waals surface area contributed by atoms with Gasteiger partial charge in [-0.05, 0) is 42.2 Å². The van der Waals surface area contributed by atoms with Crippen molar-refractivity contribution in [3.05, 3.63) is 35.4 Å². The maximum atomic E-state index is 11.4. The van der Waals surface area contributed by atoms with E-state index < -0.39 is 15.9 Å². The van der Waals surface area contributed by atoms with Crippen LogP contribution in [0.2, 0.25) is 0 Å². The molecule has 112 valence electrons. The molecule has 1 aliphatic heterocycles. The minimum atomic E-state index is -2.84. The monoisotopic (exact) mass is 296 g/mol. The second-order valence-electron chi connectivity index (χ2n) is 6.26. The molecule has 1 aromatic rings. The molecule has 0 bridgehead atoms. The maximum absolute atomic E-state index is 11.4. The molecule has 0 saturated carbocycles.